The van der Waals surface area contributed by atoms with E-state index in [-0.39, 0.29) is 11.3 Å². The first-order valence-corrected chi connectivity index (χ1v) is 9.13. The van der Waals surface area contributed by atoms with Gasteiger partial charge >= 0.3 is 0 Å². The topological polar surface area (TPSA) is 94.5 Å². The van der Waals surface area contributed by atoms with Crippen LogP contribution in [0.15, 0.2) is 15.3 Å². The number of hydrogen-bond acceptors (Lipinski definition) is 7. The van der Waals surface area contributed by atoms with Gasteiger partial charge in [0.1, 0.15) is 6.61 Å². The molecule has 0 spiro atoms. The van der Waals surface area contributed by atoms with E-state index in [2.05, 4.69) is 15.1 Å². The Morgan fingerprint density at radius 2 is 2.15 bits per heavy atom. The number of methoxy groups -OCH3 is 1. The van der Waals surface area contributed by atoms with E-state index in [9.17, 15) is 4.79 Å². The molecule has 2 aliphatic rings. The van der Waals surface area contributed by atoms with Crippen LogP contribution < -0.4 is 0 Å². The normalized spacial score (nSPS) is 19.7. The minimum Gasteiger partial charge on any atom is -0.438 e. The summed E-state index contributed by atoms with van der Waals surface area (Å²) in [5, 5.41) is 4.25. The number of hydrogen-bond donors (Lipinski definition) is 0. The lowest BCUT2D eigenvalue weighted by Crippen LogP contribution is -2.46. The molecule has 1 saturated carbocycles. The van der Waals surface area contributed by atoms with Crippen LogP contribution in [0.25, 0.3) is 0 Å². The Balaban J connectivity index is 1.50. The highest BCUT2D eigenvalue weighted by Gasteiger charge is 2.45. The first-order chi connectivity index (χ1) is 12.6. The number of oxazole rings is 1. The van der Waals surface area contributed by atoms with E-state index in [4.69, 9.17) is 13.7 Å². The maximum atomic E-state index is 12.7. The number of aryl methyl sites for hydroxylation is 1. The molecule has 0 bridgehead atoms. The summed E-state index contributed by atoms with van der Waals surface area (Å²) in [5.74, 6) is 2.25. The molecule has 1 saturated heterocycles. The Morgan fingerprint density at radius 3 is 2.77 bits per heavy atom. The van der Waals surface area contributed by atoms with Crippen LogP contribution >= 0.6 is 0 Å². The predicted octanol–water partition coefficient (Wildman–Crippen LogP) is 2.49. The van der Waals surface area contributed by atoms with Gasteiger partial charge in [0.05, 0.1) is 5.69 Å². The van der Waals surface area contributed by atoms with Crippen molar-refractivity contribution in [3.8, 4) is 0 Å². The smallest absolute Gasteiger partial charge is 0.291 e. The molecule has 1 aliphatic carbocycles. The summed E-state index contributed by atoms with van der Waals surface area (Å²) in [6.45, 7) is 3.41. The van der Waals surface area contributed by atoms with Gasteiger partial charge in [0.25, 0.3) is 11.8 Å². The number of aromatic nitrogens is 3. The van der Waals surface area contributed by atoms with Crippen molar-refractivity contribution in [2.24, 2.45) is 5.92 Å². The quantitative estimate of drug-likeness (QED) is 0.781. The number of piperidine rings is 1. The molecule has 4 rings (SSSR count). The summed E-state index contributed by atoms with van der Waals surface area (Å²) < 4.78 is 15.7. The highest BCUT2D eigenvalue weighted by Crippen LogP contribution is 2.46. The summed E-state index contributed by atoms with van der Waals surface area (Å²) in [6.07, 6.45) is 6.57. The molecule has 26 heavy (non-hydrogen) atoms. The van der Waals surface area contributed by atoms with Crippen LogP contribution in [0.1, 0.15) is 60.1 Å². The first-order valence-electron chi connectivity index (χ1n) is 9.13. The zero-order valence-corrected chi connectivity index (χ0v) is 15.2. The van der Waals surface area contributed by atoms with Crippen LogP contribution in [-0.2, 0) is 16.8 Å². The van der Waals surface area contributed by atoms with Crippen LogP contribution in [0.4, 0.5) is 0 Å². The summed E-state index contributed by atoms with van der Waals surface area (Å²) in [5.41, 5.74) is 0.511. The fraction of sp³-hybridized carbons (Fsp3) is 0.667. The minimum absolute atomic E-state index is 0.0896. The maximum Gasteiger partial charge on any atom is 0.291 e. The van der Waals surface area contributed by atoms with Crippen molar-refractivity contribution >= 4 is 5.91 Å². The Kier molecular flexibility index (Phi) is 4.52. The molecule has 0 unspecified atom stereocenters. The maximum absolute atomic E-state index is 12.7. The second-order valence-electron chi connectivity index (χ2n) is 7.43. The molecule has 140 valence electrons. The molecule has 8 nitrogen and oxygen atoms in total. The number of rotatable bonds is 6. The zero-order chi connectivity index (χ0) is 18.1. The standard InChI is InChI=1S/C18H24N4O4/c1-12-15(25-11-19-12)16(23)22-7-5-18(6-8-22,9-13-3-4-13)17-20-14(10-24-2)26-21-17/h11,13H,3-10H2,1-2H3. The number of carbonyl (C=O) groups excluding carboxylic acids is 1. The summed E-state index contributed by atoms with van der Waals surface area (Å²) in [4.78, 5) is 23.1. The lowest BCUT2D eigenvalue weighted by Gasteiger charge is -2.39. The molecule has 2 aromatic heterocycles. The van der Waals surface area contributed by atoms with Gasteiger partial charge < -0.3 is 18.6 Å². The Bertz CT molecular complexity index is 772. The number of carbonyl (C=O) groups is 1. The van der Waals surface area contributed by atoms with Gasteiger partial charge in [-0.15, -0.1) is 0 Å². The molecule has 0 aromatic carbocycles. The molecule has 0 N–H and O–H groups in total. The molecule has 3 heterocycles. The lowest BCUT2D eigenvalue weighted by molar-refractivity contribution is 0.0613. The van der Waals surface area contributed by atoms with Crippen molar-refractivity contribution in [2.45, 2.75) is 51.0 Å². The average molecular weight is 360 g/mol. The lowest BCUT2D eigenvalue weighted by atomic mass is 9.73. The molecule has 1 amide bonds. The molecule has 0 radical (unpaired) electrons. The van der Waals surface area contributed by atoms with E-state index in [1.165, 1.54) is 19.2 Å². The number of ether oxygens (including phenoxy) is 1. The molecule has 1 aliphatic heterocycles. The van der Waals surface area contributed by atoms with Crippen molar-refractivity contribution in [2.75, 3.05) is 20.2 Å². The summed E-state index contributed by atoms with van der Waals surface area (Å²) in [6, 6.07) is 0. The number of amides is 1. The highest BCUT2D eigenvalue weighted by molar-refractivity contribution is 5.92. The van der Waals surface area contributed by atoms with Gasteiger partial charge in [-0.1, -0.05) is 18.0 Å². The largest absolute Gasteiger partial charge is 0.438 e. The molecule has 2 fully saturated rings. The third kappa shape index (κ3) is 3.25. The van der Waals surface area contributed by atoms with Crippen LogP contribution in [-0.4, -0.2) is 46.1 Å². The second kappa shape index (κ2) is 6.83. The van der Waals surface area contributed by atoms with Crippen molar-refractivity contribution in [3.63, 3.8) is 0 Å². The second-order valence-corrected chi connectivity index (χ2v) is 7.43. The van der Waals surface area contributed by atoms with Crippen molar-refractivity contribution in [1.29, 1.82) is 0 Å². The van der Waals surface area contributed by atoms with E-state index < -0.39 is 0 Å². The molecule has 0 atom stereocenters. The summed E-state index contributed by atoms with van der Waals surface area (Å²) >= 11 is 0. The molecular formula is C18H24N4O4. The molecule has 2 aromatic rings. The van der Waals surface area contributed by atoms with Crippen molar-refractivity contribution in [1.82, 2.24) is 20.0 Å². The van der Waals surface area contributed by atoms with Gasteiger partial charge in [0.15, 0.2) is 12.2 Å². The highest BCUT2D eigenvalue weighted by atomic mass is 16.5. The Morgan fingerprint density at radius 1 is 1.38 bits per heavy atom. The van der Waals surface area contributed by atoms with Crippen LogP contribution in [0.2, 0.25) is 0 Å². The van der Waals surface area contributed by atoms with Crippen LogP contribution in [0.3, 0.4) is 0 Å². The summed E-state index contributed by atoms with van der Waals surface area (Å²) in [7, 11) is 1.61. The Labute approximate surface area is 151 Å². The van der Waals surface area contributed by atoms with E-state index in [1.54, 1.807) is 14.0 Å². The first kappa shape index (κ1) is 17.2. The predicted molar refractivity (Wildman–Crippen MR) is 90.4 cm³/mol. The van der Waals surface area contributed by atoms with Gasteiger partial charge in [0.2, 0.25) is 5.76 Å². The van der Waals surface area contributed by atoms with Gasteiger partial charge in [0, 0.05) is 25.6 Å². The van der Waals surface area contributed by atoms with Crippen molar-refractivity contribution < 1.29 is 18.5 Å². The van der Waals surface area contributed by atoms with Crippen LogP contribution in [0.5, 0.6) is 0 Å². The van der Waals surface area contributed by atoms with Gasteiger partial charge in [-0.05, 0) is 32.1 Å². The fourth-order valence-electron chi connectivity index (χ4n) is 3.83. The van der Waals surface area contributed by atoms with Gasteiger partial charge in [-0.3, -0.25) is 4.79 Å². The van der Waals surface area contributed by atoms with Gasteiger partial charge in [-0.2, -0.15) is 4.98 Å². The zero-order valence-electron chi connectivity index (χ0n) is 15.2. The monoisotopic (exact) mass is 360 g/mol. The average Bonchev–Trinajstić information content (AvgIpc) is 3.14. The SMILES string of the molecule is COCc1nc(C2(CC3CC3)CCN(C(=O)c3ocnc3C)CC2)no1. The Hall–Kier alpha value is -2.22. The fourth-order valence-corrected chi connectivity index (χ4v) is 3.83. The number of nitrogens with zero attached hydrogens (tertiary/aromatic N) is 4. The van der Waals surface area contributed by atoms with Gasteiger partial charge in [-0.25, -0.2) is 4.98 Å². The number of likely N-dealkylation sites (tertiary alicyclic amines) is 1. The minimum atomic E-state index is -0.121. The van der Waals surface area contributed by atoms with E-state index in [0.717, 1.165) is 31.0 Å². The van der Waals surface area contributed by atoms with Crippen LogP contribution in [0, 0.1) is 12.8 Å². The van der Waals surface area contributed by atoms with Crippen molar-refractivity contribution in [3.05, 3.63) is 29.6 Å². The van der Waals surface area contributed by atoms with E-state index in [0.29, 0.717) is 37.0 Å². The molecule has 8 heteroatoms. The van der Waals surface area contributed by atoms with E-state index in [1.807, 2.05) is 4.90 Å². The molecular weight excluding hydrogens is 336 g/mol. The van der Waals surface area contributed by atoms with E-state index >= 15 is 0 Å². The third-order valence-corrected chi connectivity index (χ3v) is 5.53. The third-order valence-electron chi connectivity index (χ3n) is 5.53.